The molecule has 0 spiro atoms. The summed E-state index contributed by atoms with van der Waals surface area (Å²) >= 11 is 0. The van der Waals surface area contributed by atoms with Gasteiger partial charge in [-0.2, -0.15) is 0 Å². The molecular formula is C15H31NaO4S. The van der Waals surface area contributed by atoms with Gasteiger partial charge in [0.25, 0.3) is 0 Å². The Labute approximate surface area is 153 Å². The Balaban J connectivity index is 0. The SMILES string of the molecule is CCCCCCCCCCCCCC(C)(O)S(=O)(=O)[O-].[Na+]. The molecule has 122 valence electrons. The summed E-state index contributed by atoms with van der Waals surface area (Å²) in [5, 5.41) is 9.49. The predicted octanol–water partition coefficient (Wildman–Crippen LogP) is 0.945. The van der Waals surface area contributed by atoms with E-state index in [1.807, 2.05) is 0 Å². The Morgan fingerprint density at radius 2 is 1.19 bits per heavy atom. The van der Waals surface area contributed by atoms with Crippen molar-refractivity contribution in [2.45, 2.75) is 95.8 Å². The Bertz CT molecular complexity index is 329. The molecule has 0 aromatic carbocycles. The Morgan fingerprint density at radius 1 is 0.857 bits per heavy atom. The topological polar surface area (TPSA) is 77.4 Å². The van der Waals surface area contributed by atoms with E-state index in [0.29, 0.717) is 6.42 Å². The normalized spacial score (nSPS) is 14.5. The zero-order chi connectivity index (χ0) is 15.5. The van der Waals surface area contributed by atoms with E-state index in [9.17, 15) is 18.1 Å². The number of aliphatic hydroxyl groups is 1. The molecule has 1 N–H and O–H groups in total. The number of unbranched alkanes of at least 4 members (excludes halogenated alkanes) is 10. The van der Waals surface area contributed by atoms with Gasteiger partial charge in [-0.1, -0.05) is 71.1 Å². The zero-order valence-corrected chi connectivity index (χ0v) is 16.9. The summed E-state index contributed by atoms with van der Waals surface area (Å²) in [4.78, 5) is -2.10. The van der Waals surface area contributed by atoms with Crippen molar-refractivity contribution < 1.29 is 47.6 Å². The minimum atomic E-state index is -4.61. The first-order valence-corrected chi connectivity index (χ1v) is 9.40. The van der Waals surface area contributed by atoms with Gasteiger partial charge < -0.3 is 9.66 Å². The van der Waals surface area contributed by atoms with Crippen LogP contribution < -0.4 is 29.6 Å². The number of hydrogen-bond donors (Lipinski definition) is 1. The quantitative estimate of drug-likeness (QED) is 0.310. The van der Waals surface area contributed by atoms with Crippen molar-refractivity contribution in [3.8, 4) is 0 Å². The molecule has 4 nitrogen and oxygen atoms in total. The average molecular weight is 330 g/mol. The van der Waals surface area contributed by atoms with Crippen molar-refractivity contribution in [3.05, 3.63) is 0 Å². The maximum atomic E-state index is 10.8. The van der Waals surface area contributed by atoms with Gasteiger partial charge in [-0.15, -0.1) is 0 Å². The molecule has 0 saturated heterocycles. The summed E-state index contributed by atoms with van der Waals surface area (Å²) in [5.41, 5.74) is 0. The second kappa shape index (κ2) is 13.3. The van der Waals surface area contributed by atoms with Gasteiger partial charge in [0.15, 0.2) is 4.93 Å². The smallest absolute Gasteiger partial charge is 0.746 e. The maximum absolute atomic E-state index is 10.8. The molecule has 0 rings (SSSR count). The van der Waals surface area contributed by atoms with E-state index in [0.717, 1.165) is 26.2 Å². The molecule has 6 heteroatoms. The van der Waals surface area contributed by atoms with Crippen LogP contribution >= 0.6 is 0 Å². The molecule has 0 saturated carbocycles. The summed E-state index contributed by atoms with van der Waals surface area (Å²) in [7, 11) is -4.61. The van der Waals surface area contributed by atoms with E-state index in [4.69, 9.17) is 0 Å². The summed E-state index contributed by atoms with van der Waals surface area (Å²) in [5.74, 6) is 0. The predicted molar refractivity (Wildman–Crippen MR) is 81.4 cm³/mol. The van der Waals surface area contributed by atoms with E-state index in [1.54, 1.807) is 0 Å². The number of rotatable bonds is 13. The average Bonchev–Trinajstić information content (AvgIpc) is 2.34. The van der Waals surface area contributed by atoms with Gasteiger partial charge in [-0.05, 0) is 19.8 Å². The van der Waals surface area contributed by atoms with E-state index >= 15 is 0 Å². The molecule has 0 aromatic heterocycles. The first kappa shape index (κ1) is 24.1. The van der Waals surface area contributed by atoms with Crippen molar-refractivity contribution in [1.82, 2.24) is 0 Å². The zero-order valence-electron chi connectivity index (χ0n) is 14.1. The van der Waals surface area contributed by atoms with E-state index in [-0.39, 0.29) is 36.0 Å². The minimum Gasteiger partial charge on any atom is -0.746 e. The molecule has 0 bridgehead atoms. The van der Waals surface area contributed by atoms with Crippen LogP contribution in [-0.4, -0.2) is 23.0 Å². The summed E-state index contributed by atoms with van der Waals surface area (Å²) in [6, 6.07) is 0. The molecular weight excluding hydrogens is 299 g/mol. The Morgan fingerprint density at radius 3 is 1.52 bits per heavy atom. The van der Waals surface area contributed by atoms with Gasteiger partial charge in [0.2, 0.25) is 0 Å². The summed E-state index contributed by atoms with van der Waals surface area (Å²) in [6.07, 6.45) is 12.8. The van der Waals surface area contributed by atoms with E-state index in [2.05, 4.69) is 6.92 Å². The largest absolute Gasteiger partial charge is 1.00 e. The fraction of sp³-hybridized carbons (Fsp3) is 1.00. The minimum absolute atomic E-state index is 0. The fourth-order valence-corrected chi connectivity index (χ4v) is 2.64. The molecule has 0 heterocycles. The van der Waals surface area contributed by atoms with Crippen LogP contribution in [0, 0.1) is 0 Å². The van der Waals surface area contributed by atoms with Gasteiger partial charge >= 0.3 is 29.6 Å². The summed E-state index contributed by atoms with van der Waals surface area (Å²) in [6.45, 7) is 3.31. The Kier molecular flexibility index (Phi) is 15.3. The third-order valence-electron chi connectivity index (χ3n) is 3.78. The van der Waals surface area contributed by atoms with Gasteiger partial charge in [0, 0.05) is 0 Å². The standard InChI is InChI=1S/C15H32O4S.Na/c1-3-4-5-6-7-8-9-10-11-12-13-14-15(2,16)20(17,18)19;/h16H,3-14H2,1-2H3,(H,17,18,19);/q;+1/p-1. The molecule has 0 aliphatic carbocycles. The summed E-state index contributed by atoms with van der Waals surface area (Å²) < 4.78 is 32.3. The monoisotopic (exact) mass is 330 g/mol. The van der Waals surface area contributed by atoms with E-state index < -0.39 is 15.1 Å². The molecule has 0 aromatic rings. The molecule has 0 fully saturated rings. The van der Waals surface area contributed by atoms with Crippen LogP contribution in [0.5, 0.6) is 0 Å². The molecule has 0 radical (unpaired) electrons. The van der Waals surface area contributed by atoms with Gasteiger partial charge in [0.1, 0.15) is 10.1 Å². The molecule has 0 aliphatic rings. The molecule has 0 amide bonds. The van der Waals surface area contributed by atoms with Gasteiger partial charge in [0.05, 0.1) is 0 Å². The van der Waals surface area contributed by atoms with Crippen molar-refractivity contribution >= 4 is 10.1 Å². The second-order valence-corrected chi connectivity index (χ2v) is 7.70. The van der Waals surface area contributed by atoms with Crippen LogP contribution in [0.1, 0.15) is 90.9 Å². The third-order valence-corrected chi connectivity index (χ3v) is 5.06. The fourth-order valence-electron chi connectivity index (χ4n) is 2.24. The van der Waals surface area contributed by atoms with Crippen LogP contribution in [-0.2, 0) is 10.1 Å². The third kappa shape index (κ3) is 13.0. The van der Waals surface area contributed by atoms with Gasteiger partial charge in [-0.3, -0.25) is 0 Å². The van der Waals surface area contributed by atoms with E-state index in [1.165, 1.54) is 44.9 Å². The van der Waals surface area contributed by atoms with Crippen LogP contribution in [0.3, 0.4) is 0 Å². The van der Waals surface area contributed by atoms with Crippen molar-refractivity contribution in [2.24, 2.45) is 0 Å². The van der Waals surface area contributed by atoms with Crippen molar-refractivity contribution in [1.29, 1.82) is 0 Å². The number of hydrogen-bond acceptors (Lipinski definition) is 4. The maximum Gasteiger partial charge on any atom is 1.00 e. The first-order chi connectivity index (χ1) is 9.31. The van der Waals surface area contributed by atoms with Gasteiger partial charge in [-0.25, -0.2) is 8.42 Å². The molecule has 0 aliphatic heterocycles. The first-order valence-electron chi connectivity index (χ1n) is 7.99. The van der Waals surface area contributed by atoms with Crippen LogP contribution in [0.4, 0.5) is 0 Å². The molecule has 1 atom stereocenters. The van der Waals surface area contributed by atoms with Crippen LogP contribution in [0.25, 0.3) is 0 Å². The van der Waals surface area contributed by atoms with Crippen LogP contribution in [0.2, 0.25) is 0 Å². The molecule has 21 heavy (non-hydrogen) atoms. The second-order valence-electron chi connectivity index (χ2n) is 5.91. The molecule has 1 unspecified atom stereocenters. The van der Waals surface area contributed by atoms with Crippen LogP contribution in [0.15, 0.2) is 0 Å². The Hall–Kier alpha value is 0.870. The van der Waals surface area contributed by atoms with Crippen molar-refractivity contribution in [3.63, 3.8) is 0 Å². The van der Waals surface area contributed by atoms with Crippen molar-refractivity contribution in [2.75, 3.05) is 0 Å².